The topological polar surface area (TPSA) is 95.9 Å². The monoisotopic (exact) mass is 580 g/mol. The van der Waals surface area contributed by atoms with E-state index in [0.29, 0.717) is 25.3 Å². The predicted molar refractivity (Wildman–Crippen MR) is 168 cm³/mol. The fraction of sp³-hybridized carbons (Fsp3) is 0.361. The Morgan fingerprint density at radius 3 is 2.16 bits per heavy atom. The third-order valence-corrected chi connectivity index (χ3v) is 8.65. The lowest BCUT2D eigenvalue weighted by Gasteiger charge is -2.30. The maximum atomic E-state index is 13.1. The van der Waals surface area contributed by atoms with Crippen LogP contribution in [0.4, 0.5) is 10.5 Å². The molecule has 0 spiro atoms. The third kappa shape index (κ3) is 7.34. The maximum absolute atomic E-state index is 13.1. The number of carbonyl (C=O) groups is 3. The van der Waals surface area contributed by atoms with Gasteiger partial charge in [-0.25, -0.2) is 9.59 Å². The number of carbonyl (C=O) groups excluding carboxylic acids is 2. The Hall–Kier alpha value is -4.39. The summed E-state index contributed by atoms with van der Waals surface area (Å²) in [5.74, 6) is -0.701. The second-order valence-corrected chi connectivity index (χ2v) is 11.6. The number of carboxylic acids is 1. The lowest BCUT2D eigenvalue weighted by molar-refractivity contribution is -0.139. The maximum Gasteiger partial charge on any atom is 0.407 e. The Kier molecular flexibility index (Phi) is 9.92. The number of rotatable bonds is 12. The molecule has 0 radical (unpaired) electrons. The average molecular weight is 581 g/mol. The van der Waals surface area contributed by atoms with Crippen LogP contribution in [-0.2, 0) is 20.7 Å². The zero-order valence-electron chi connectivity index (χ0n) is 24.5. The van der Waals surface area contributed by atoms with Crippen molar-refractivity contribution in [2.45, 2.75) is 63.3 Å². The first-order valence-electron chi connectivity index (χ1n) is 15.3. The minimum absolute atomic E-state index is 0.0681. The summed E-state index contributed by atoms with van der Waals surface area (Å²) in [5, 5.41) is 12.4. The fourth-order valence-corrected chi connectivity index (χ4v) is 6.37. The highest BCUT2D eigenvalue weighted by atomic mass is 16.5. The standard InChI is InChI=1S/C36H40N2O5/c1-2-3-17-34(39)38(23-26-11-5-4-6-12-26)27-20-18-25(19-21-27)22-33(35(40)41)37-36(42)43-24-32-30-15-9-7-13-28(30)29-14-8-10-16-31(29)32/h2,7-10,13-16,18-21,26,32-33H,1,3-6,11-12,17,22-24H2,(H,37,42)(H,40,41)/t33-/m0/s1. The quantitative estimate of drug-likeness (QED) is 0.223. The van der Waals surface area contributed by atoms with Crippen LogP contribution < -0.4 is 10.2 Å². The number of benzene rings is 3. The van der Waals surface area contributed by atoms with Gasteiger partial charge in [0.15, 0.2) is 0 Å². The van der Waals surface area contributed by atoms with Gasteiger partial charge in [-0.05, 0) is 65.1 Å². The Bertz CT molecular complexity index is 1400. The zero-order chi connectivity index (χ0) is 30.2. The Labute approximate surface area is 253 Å². The highest BCUT2D eigenvalue weighted by Crippen LogP contribution is 2.44. The van der Waals surface area contributed by atoms with E-state index in [1.807, 2.05) is 65.6 Å². The van der Waals surface area contributed by atoms with Crippen molar-refractivity contribution in [3.8, 4) is 11.1 Å². The highest BCUT2D eigenvalue weighted by Gasteiger charge is 2.30. The molecule has 2 amide bonds. The van der Waals surface area contributed by atoms with Gasteiger partial charge in [0.2, 0.25) is 5.91 Å². The largest absolute Gasteiger partial charge is 0.480 e. The number of anilines is 1. The van der Waals surface area contributed by atoms with Gasteiger partial charge < -0.3 is 20.1 Å². The molecule has 0 aliphatic heterocycles. The number of fused-ring (bicyclic) bond motifs is 3. The molecule has 224 valence electrons. The molecule has 0 bridgehead atoms. The van der Waals surface area contributed by atoms with Gasteiger partial charge in [-0.1, -0.05) is 86.0 Å². The van der Waals surface area contributed by atoms with Gasteiger partial charge in [0.1, 0.15) is 12.6 Å². The lowest BCUT2D eigenvalue weighted by Crippen LogP contribution is -2.43. The van der Waals surface area contributed by atoms with Gasteiger partial charge >= 0.3 is 12.1 Å². The van der Waals surface area contributed by atoms with Crippen molar-refractivity contribution in [3.63, 3.8) is 0 Å². The molecular formula is C36H40N2O5. The van der Waals surface area contributed by atoms with Crippen molar-refractivity contribution in [2.75, 3.05) is 18.1 Å². The van der Waals surface area contributed by atoms with Crippen LogP contribution >= 0.6 is 0 Å². The molecule has 7 heteroatoms. The lowest BCUT2D eigenvalue weighted by atomic mass is 9.88. The molecule has 7 nitrogen and oxygen atoms in total. The Balaban J connectivity index is 1.21. The van der Waals surface area contributed by atoms with Gasteiger partial charge in [0, 0.05) is 31.0 Å². The SMILES string of the molecule is C=CCCC(=O)N(CC1CCCCC1)c1ccc(C[C@H](NC(=O)OCC2c3ccccc3-c3ccccc32)C(=O)O)cc1. The summed E-state index contributed by atoms with van der Waals surface area (Å²) in [5.41, 5.74) is 5.97. The van der Waals surface area contributed by atoms with Crippen LogP contribution in [0.5, 0.6) is 0 Å². The molecule has 1 atom stereocenters. The average Bonchev–Trinajstić information content (AvgIpc) is 3.35. The number of hydrogen-bond acceptors (Lipinski definition) is 4. The molecule has 1 saturated carbocycles. The van der Waals surface area contributed by atoms with Crippen LogP contribution in [-0.4, -0.2) is 42.3 Å². The van der Waals surface area contributed by atoms with Crippen LogP contribution in [0, 0.1) is 5.92 Å². The molecule has 3 aromatic rings. The molecule has 0 heterocycles. The van der Waals surface area contributed by atoms with Gasteiger partial charge in [0.05, 0.1) is 0 Å². The molecule has 2 N–H and O–H groups in total. The summed E-state index contributed by atoms with van der Waals surface area (Å²) in [6, 6.07) is 22.4. The number of alkyl carbamates (subject to hydrolysis) is 1. The Morgan fingerprint density at radius 2 is 1.56 bits per heavy atom. The smallest absolute Gasteiger partial charge is 0.407 e. The van der Waals surface area contributed by atoms with E-state index in [-0.39, 0.29) is 24.9 Å². The Morgan fingerprint density at radius 1 is 0.930 bits per heavy atom. The van der Waals surface area contributed by atoms with E-state index >= 15 is 0 Å². The number of amides is 2. The summed E-state index contributed by atoms with van der Waals surface area (Å²) in [6.07, 6.45) is 8.03. The van der Waals surface area contributed by atoms with Crippen LogP contribution in [0.3, 0.4) is 0 Å². The minimum Gasteiger partial charge on any atom is -0.480 e. The van der Waals surface area contributed by atoms with Crippen LogP contribution in [0.2, 0.25) is 0 Å². The van der Waals surface area contributed by atoms with Crippen molar-refractivity contribution >= 4 is 23.7 Å². The molecule has 3 aromatic carbocycles. The number of nitrogens with zero attached hydrogens (tertiary/aromatic N) is 1. The van der Waals surface area contributed by atoms with E-state index in [9.17, 15) is 19.5 Å². The minimum atomic E-state index is -1.16. The van der Waals surface area contributed by atoms with Gasteiger partial charge in [0.25, 0.3) is 0 Å². The number of carboxylic acid groups (broad SMARTS) is 1. The van der Waals surface area contributed by atoms with Crippen molar-refractivity contribution in [1.29, 1.82) is 0 Å². The first-order chi connectivity index (χ1) is 20.9. The first kappa shape index (κ1) is 30.1. The van der Waals surface area contributed by atoms with Crippen molar-refractivity contribution < 1.29 is 24.2 Å². The molecule has 5 rings (SSSR count). The molecule has 1 fully saturated rings. The summed E-state index contributed by atoms with van der Waals surface area (Å²) >= 11 is 0. The van der Waals surface area contributed by atoms with E-state index < -0.39 is 18.1 Å². The molecule has 0 aromatic heterocycles. The number of ether oxygens (including phenoxy) is 1. The number of allylic oxidation sites excluding steroid dienone is 1. The van der Waals surface area contributed by atoms with E-state index in [1.165, 1.54) is 19.3 Å². The second kappa shape index (κ2) is 14.2. The van der Waals surface area contributed by atoms with E-state index in [0.717, 1.165) is 46.3 Å². The first-order valence-corrected chi connectivity index (χ1v) is 15.3. The van der Waals surface area contributed by atoms with Crippen LogP contribution in [0.1, 0.15) is 67.6 Å². The molecular weight excluding hydrogens is 540 g/mol. The van der Waals surface area contributed by atoms with E-state index in [4.69, 9.17) is 4.74 Å². The zero-order valence-corrected chi connectivity index (χ0v) is 24.5. The van der Waals surface area contributed by atoms with Crippen LogP contribution in [0.25, 0.3) is 11.1 Å². The number of nitrogens with one attached hydrogen (secondary N) is 1. The molecule has 0 unspecified atom stereocenters. The molecule has 2 aliphatic carbocycles. The normalized spacial score (nSPS) is 15.2. The third-order valence-electron chi connectivity index (χ3n) is 8.65. The van der Waals surface area contributed by atoms with Gasteiger partial charge in [-0.15, -0.1) is 6.58 Å². The molecule has 43 heavy (non-hydrogen) atoms. The predicted octanol–water partition coefficient (Wildman–Crippen LogP) is 7.10. The molecule has 2 aliphatic rings. The van der Waals surface area contributed by atoms with Crippen molar-refractivity contribution in [3.05, 3.63) is 102 Å². The number of hydrogen-bond donors (Lipinski definition) is 2. The second-order valence-electron chi connectivity index (χ2n) is 11.6. The number of aliphatic carboxylic acids is 1. The summed E-state index contributed by atoms with van der Waals surface area (Å²) in [6.45, 7) is 4.55. The fourth-order valence-electron chi connectivity index (χ4n) is 6.37. The highest BCUT2D eigenvalue weighted by molar-refractivity contribution is 5.93. The van der Waals surface area contributed by atoms with Crippen LogP contribution in [0.15, 0.2) is 85.5 Å². The summed E-state index contributed by atoms with van der Waals surface area (Å²) in [7, 11) is 0. The van der Waals surface area contributed by atoms with Gasteiger partial charge in [-0.3, -0.25) is 4.79 Å². The van der Waals surface area contributed by atoms with Crippen molar-refractivity contribution in [1.82, 2.24) is 5.32 Å². The van der Waals surface area contributed by atoms with Gasteiger partial charge in [-0.2, -0.15) is 0 Å². The summed E-state index contributed by atoms with van der Waals surface area (Å²) in [4.78, 5) is 39.8. The molecule has 0 saturated heterocycles. The van der Waals surface area contributed by atoms with E-state index in [1.54, 1.807) is 6.08 Å². The van der Waals surface area contributed by atoms with Crippen molar-refractivity contribution in [2.24, 2.45) is 5.92 Å². The van der Waals surface area contributed by atoms with E-state index in [2.05, 4.69) is 24.0 Å². The summed E-state index contributed by atoms with van der Waals surface area (Å²) < 4.78 is 5.57.